The maximum Gasteiger partial charge on any atom is 0.132 e. The van der Waals surface area contributed by atoms with E-state index < -0.39 is 0 Å². The molecule has 0 aromatic heterocycles. The Bertz CT molecular complexity index is 603. The molecule has 1 aliphatic rings. The molecule has 0 aliphatic carbocycles. The van der Waals surface area contributed by atoms with Crippen LogP contribution in [-0.4, -0.2) is 20.2 Å². The fraction of sp³-hybridized carbons (Fsp3) is 0.294. The molecular formula is C17H18FNO2. The molecule has 1 fully saturated rings. The molecule has 2 aromatic rings. The third-order valence-electron chi connectivity index (χ3n) is 3.71. The molecule has 0 radical (unpaired) electrons. The van der Waals surface area contributed by atoms with E-state index in [4.69, 9.17) is 9.47 Å². The standard InChI is InChI=1S/C17H18FNO2/c1-20-14-9-5-8-13(18)17(14)16-11-19-10-15(21-16)12-6-3-2-4-7-12/h2-9,15-16,19H,10-11H2,1H3. The lowest BCUT2D eigenvalue weighted by Gasteiger charge is -2.32. The zero-order valence-electron chi connectivity index (χ0n) is 11.9. The van der Waals surface area contributed by atoms with Gasteiger partial charge in [-0.05, 0) is 17.7 Å². The van der Waals surface area contributed by atoms with Gasteiger partial charge in [0.05, 0.1) is 18.8 Å². The summed E-state index contributed by atoms with van der Waals surface area (Å²) in [5.41, 5.74) is 1.57. The molecule has 2 unspecified atom stereocenters. The Balaban J connectivity index is 1.87. The maximum absolute atomic E-state index is 14.2. The van der Waals surface area contributed by atoms with Crippen molar-refractivity contribution in [3.63, 3.8) is 0 Å². The van der Waals surface area contributed by atoms with Gasteiger partial charge >= 0.3 is 0 Å². The fourth-order valence-corrected chi connectivity index (χ4v) is 2.68. The predicted molar refractivity (Wildman–Crippen MR) is 78.8 cm³/mol. The molecule has 2 aromatic carbocycles. The summed E-state index contributed by atoms with van der Waals surface area (Å²) in [6.07, 6.45) is -0.450. The molecule has 4 heteroatoms. The van der Waals surface area contributed by atoms with Crippen molar-refractivity contribution in [1.82, 2.24) is 5.32 Å². The number of nitrogens with one attached hydrogen (secondary N) is 1. The molecule has 0 saturated carbocycles. The lowest BCUT2D eigenvalue weighted by molar-refractivity contribution is -0.0430. The van der Waals surface area contributed by atoms with Gasteiger partial charge in [0.15, 0.2) is 0 Å². The van der Waals surface area contributed by atoms with Crippen molar-refractivity contribution in [3.8, 4) is 5.75 Å². The van der Waals surface area contributed by atoms with Crippen LogP contribution in [0.5, 0.6) is 5.75 Å². The molecule has 0 bridgehead atoms. The van der Waals surface area contributed by atoms with Gasteiger partial charge in [0.25, 0.3) is 0 Å². The number of morpholine rings is 1. The molecule has 1 aliphatic heterocycles. The number of hydrogen-bond donors (Lipinski definition) is 1. The molecule has 2 atom stereocenters. The average molecular weight is 287 g/mol. The third kappa shape index (κ3) is 2.91. The summed E-state index contributed by atoms with van der Waals surface area (Å²) in [6, 6.07) is 14.8. The minimum atomic E-state index is -0.361. The van der Waals surface area contributed by atoms with Gasteiger partial charge in [-0.25, -0.2) is 4.39 Å². The molecule has 0 spiro atoms. The Morgan fingerprint density at radius 1 is 1.05 bits per heavy atom. The van der Waals surface area contributed by atoms with Crippen LogP contribution >= 0.6 is 0 Å². The van der Waals surface area contributed by atoms with Crippen molar-refractivity contribution in [2.75, 3.05) is 20.2 Å². The van der Waals surface area contributed by atoms with E-state index in [0.717, 1.165) is 12.1 Å². The highest BCUT2D eigenvalue weighted by molar-refractivity contribution is 5.37. The smallest absolute Gasteiger partial charge is 0.132 e. The van der Waals surface area contributed by atoms with Crippen molar-refractivity contribution < 1.29 is 13.9 Å². The summed E-state index contributed by atoms with van der Waals surface area (Å²) in [5.74, 6) is 0.227. The number of hydrogen-bond acceptors (Lipinski definition) is 3. The van der Waals surface area contributed by atoms with Crippen LogP contribution in [0.25, 0.3) is 0 Å². The van der Waals surface area contributed by atoms with Crippen molar-refractivity contribution in [3.05, 3.63) is 65.5 Å². The van der Waals surface area contributed by atoms with E-state index in [9.17, 15) is 4.39 Å². The van der Waals surface area contributed by atoms with Crippen molar-refractivity contribution in [1.29, 1.82) is 0 Å². The first-order chi connectivity index (χ1) is 10.3. The van der Waals surface area contributed by atoms with Crippen molar-refractivity contribution in [2.24, 2.45) is 0 Å². The van der Waals surface area contributed by atoms with E-state index in [-0.39, 0.29) is 18.0 Å². The topological polar surface area (TPSA) is 30.5 Å². The summed E-state index contributed by atoms with van der Waals surface area (Å²) in [4.78, 5) is 0. The number of halogens is 1. The Morgan fingerprint density at radius 3 is 2.57 bits per heavy atom. The average Bonchev–Trinajstić information content (AvgIpc) is 2.55. The van der Waals surface area contributed by atoms with E-state index in [0.29, 0.717) is 17.9 Å². The van der Waals surface area contributed by atoms with E-state index in [2.05, 4.69) is 5.32 Å². The normalized spacial score (nSPS) is 22.0. The van der Waals surface area contributed by atoms with Gasteiger partial charge in [-0.2, -0.15) is 0 Å². The second kappa shape index (κ2) is 6.24. The predicted octanol–water partition coefficient (Wildman–Crippen LogP) is 3.24. The van der Waals surface area contributed by atoms with Gasteiger partial charge in [-0.15, -0.1) is 0 Å². The Labute approximate surface area is 123 Å². The van der Waals surface area contributed by atoms with Crippen LogP contribution in [0.15, 0.2) is 48.5 Å². The lowest BCUT2D eigenvalue weighted by atomic mass is 10.0. The summed E-state index contributed by atoms with van der Waals surface area (Å²) >= 11 is 0. The van der Waals surface area contributed by atoms with E-state index >= 15 is 0 Å². The van der Waals surface area contributed by atoms with Crippen LogP contribution in [0.1, 0.15) is 23.3 Å². The van der Waals surface area contributed by atoms with Gasteiger partial charge in [-0.1, -0.05) is 36.4 Å². The summed E-state index contributed by atoms with van der Waals surface area (Å²) in [6.45, 7) is 1.29. The highest BCUT2D eigenvalue weighted by Gasteiger charge is 2.28. The minimum Gasteiger partial charge on any atom is -0.496 e. The van der Waals surface area contributed by atoms with E-state index in [1.165, 1.54) is 6.07 Å². The highest BCUT2D eigenvalue weighted by atomic mass is 19.1. The highest BCUT2D eigenvalue weighted by Crippen LogP contribution is 2.35. The first kappa shape index (κ1) is 14.0. The SMILES string of the molecule is COc1cccc(F)c1C1CNCC(c2ccccc2)O1. The third-order valence-corrected chi connectivity index (χ3v) is 3.71. The summed E-state index contributed by atoms with van der Waals surface area (Å²) in [5, 5.41) is 3.31. The van der Waals surface area contributed by atoms with E-state index in [1.54, 1.807) is 19.2 Å². The molecule has 0 amide bonds. The second-order valence-corrected chi connectivity index (χ2v) is 5.04. The van der Waals surface area contributed by atoms with Gasteiger partial charge in [0.1, 0.15) is 17.7 Å². The van der Waals surface area contributed by atoms with Crippen LogP contribution in [-0.2, 0) is 4.74 Å². The van der Waals surface area contributed by atoms with Crippen LogP contribution in [0.4, 0.5) is 4.39 Å². The molecule has 21 heavy (non-hydrogen) atoms. The van der Waals surface area contributed by atoms with Crippen molar-refractivity contribution in [2.45, 2.75) is 12.2 Å². The zero-order chi connectivity index (χ0) is 14.7. The largest absolute Gasteiger partial charge is 0.496 e. The summed E-state index contributed by atoms with van der Waals surface area (Å²) < 4.78 is 25.5. The van der Waals surface area contributed by atoms with Crippen LogP contribution < -0.4 is 10.1 Å². The molecule has 1 heterocycles. The molecule has 110 valence electrons. The van der Waals surface area contributed by atoms with Gasteiger partial charge in [0.2, 0.25) is 0 Å². The number of methoxy groups -OCH3 is 1. The van der Waals surface area contributed by atoms with Gasteiger partial charge in [-0.3, -0.25) is 0 Å². The van der Waals surface area contributed by atoms with Gasteiger partial charge in [0, 0.05) is 13.1 Å². The van der Waals surface area contributed by atoms with Crippen molar-refractivity contribution >= 4 is 0 Å². The fourth-order valence-electron chi connectivity index (χ4n) is 2.68. The maximum atomic E-state index is 14.2. The van der Waals surface area contributed by atoms with E-state index in [1.807, 2.05) is 30.3 Å². The Morgan fingerprint density at radius 2 is 1.81 bits per heavy atom. The zero-order valence-corrected chi connectivity index (χ0v) is 11.9. The Hall–Kier alpha value is -1.91. The monoisotopic (exact) mass is 287 g/mol. The minimum absolute atomic E-state index is 0.0886. The molecule has 1 saturated heterocycles. The first-order valence-corrected chi connectivity index (χ1v) is 7.03. The Kier molecular flexibility index (Phi) is 4.18. The van der Waals surface area contributed by atoms with Crippen LogP contribution in [0.3, 0.4) is 0 Å². The number of benzene rings is 2. The molecule has 3 rings (SSSR count). The summed E-state index contributed by atoms with van der Waals surface area (Å²) in [7, 11) is 1.54. The number of rotatable bonds is 3. The van der Waals surface area contributed by atoms with Crippen LogP contribution in [0.2, 0.25) is 0 Å². The lowest BCUT2D eigenvalue weighted by Crippen LogP contribution is -2.36. The van der Waals surface area contributed by atoms with Gasteiger partial charge < -0.3 is 14.8 Å². The number of ether oxygens (including phenoxy) is 2. The van der Waals surface area contributed by atoms with Crippen LogP contribution in [0, 0.1) is 5.82 Å². The molecular weight excluding hydrogens is 269 g/mol. The molecule has 3 nitrogen and oxygen atoms in total. The second-order valence-electron chi connectivity index (χ2n) is 5.04. The molecule has 1 N–H and O–H groups in total. The quantitative estimate of drug-likeness (QED) is 0.940. The first-order valence-electron chi connectivity index (χ1n) is 7.03.